The fourth-order valence-corrected chi connectivity index (χ4v) is 15.5. The Morgan fingerprint density at radius 2 is 1.00 bits per heavy atom. The molecule has 502 valence electrons. The number of nitrogens with one attached hydrogen (secondary N) is 5. The number of piperidine rings is 2. The van der Waals surface area contributed by atoms with Crippen LogP contribution in [0.4, 0.5) is 20.2 Å². The van der Waals surface area contributed by atoms with Gasteiger partial charge in [0.1, 0.15) is 17.4 Å². The van der Waals surface area contributed by atoms with E-state index in [1.165, 1.54) is 49.9 Å². The number of piperazine rings is 2. The molecule has 92 heavy (non-hydrogen) atoms. The van der Waals surface area contributed by atoms with E-state index in [0.29, 0.717) is 68.0 Å². The number of Topliss-reactive ketones (excluding diaryl/α,β-unsaturated/α-hetero) is 1. The van der Waals surface area contributed by atoms with Gasteiger partial charge in [-0.3, -0.25) is 43.5 Å². The molecule has 2 aromatic heterocycles. The lowest BCUT2D eigenvalue weighted by Gasteiger charge is -2.43. The third-order valence-electron chi connectivity index (χ3n) is 20.6. The Morgan fingerprint density at radius 1 is 0.565 bits per heavy atom. The lowest BCUT2D eigenvalue weighted by atomic mass is 9.91. The van der Waals surface area contributed by atoms with Gasteiger partial charge in [-0.2, -0.15) is 0 Å². The lowest BCUT2D eigenvalue weighted by molar-refractivity contribution is -0.123. The number of nitrogens with zero attached hydrogens (tertiary/aromatic N) is 6. The molecule has 6 aliphatic rings. The zero-order chi connectivity index (χ0) is 65.1. The fraction of sp³-hybridized carbons (Fsp3) is 0.644. The summed E-state index contributed by atoms with van der Waals surface area (Å²) in [5.41, 5.74) is 4.57. The highest BCUT2D eigenvalue weighted by atomic mass is 19.1. The maximum absolute atomic E-state index is 14.3. The maximum Gasteiger partial charge on any atom is 0.251 e. The molecule has 4 aromatic rings. The Morgan fingerprint density at radius 3 is 1.48 bits per heavy atom. The zero-order valence-electron chi connectivity index (χ0n) is 56.0. The first-order chi connectivity index (χ1) is 44.1. The summed E-state index contributed by atoms with van der Waals surface area (Å²) in [6.45, 7) is 22.4. The van der Waals surface area contributed by atoms with Crippen LogP contribution >= 0.6 is 0 Å². The van der Waals surface area contributed by atoms with Crippen LogP contribution in [-0.4, -0.2) is 175 Å². The zero-order valence-corrected chi connectivity index (χ0v) is 56.0. The molecule has 3 amide bonds. The summed E-state index contributed by atoms with van der Waals surface area (Å²) in [6.07, 6.45) is 17.8. The number of hydrogen-bond acceptors (Lipinski definition) is 12. The van der Waals surface area contributed by atoms with Gasteiger partial charge in [0.2, 0.25) is 17.7 Å². The second kappa shape index (κ2) is 31.5. The smallest absolute Gasteiger partial charge is 0.251 e. The predicted octanol–water partition coefficient (Wildman–Crippen LogP) is 8.73. The molecule has 5 N–H and O–H groups in total. The van der Waals surface area contributed by atoms with Crippen molar-refractivity contribution in [3.8, 4) is 0 Å². The number of pyridine rings is 2. The van der Waals surface area contributed by atoms with Crippen molar-refractivity contribution in [2.24, 2.45) is 5.92 Å². The van der Waals surface area contributed by atoms with E-state index >= 15 is 0 Å². The van der Waals surface area contributed by atoms with Crippen LogP contribution in [0, 0.1) is 17.6 Å². The minimum absolute atomic E-state index is 0.00796. The van der Waals surface area contributed by atoms with Crippen LogP contribution < -0.4 is 36.9 Å². The van der Waals surface area contributed by atoms with Crippen LogP contribution in [0.3, 0.4) is 0 Å². The molecule has 0 bridgehead atoms. The molecule has 0 spiro atoms. The molecule has 10 rings (SSSR count). The summed E-state index contributed by atoms with van der Waals surface area (Å²) < 4.78 is 27.3. The Kier molecular flexibility index (Phi) is 23.6. The van der Waals surface area contributed by atoms with E-state index in [9.17, 15) is 37.5 Å². The summed E-state index contributed by atoms with van der Waals surface area (Å²) in [7, 11) is 0. The number of ketones is 1. The number of unbranched alkanes of at least 4 members (excludes halogenated alkanes) is 9. The van der Waals surface area contributed by atoms with E-state index in [1.54, 1.807) is 24.3 Å². The Hall–Kier alpha value is -5.96. The third kappa shape index (κ3) is 18.5. The average Bonchev–Trinajstić information content (AvgIpc) is 1.61. The number of fused-ring (bicyclic) bond motifs is 2. The number of carbonyl (C=O) groups is 4. The van der Waals surface area contributed by atoms with Crippen LogP contribution in [-0.2, 0) is 42.8 Å². The summed E-state index contributed by atoms with van der Waals surface area (Å²) in [6, 6.07) is 16.9. The largest absolute Gasteiger partial charge is 0.352 e. The highest BCUT2D eigenvalue weighted by molar-refractivity contribution is 5.98. The number of amides is 3. The van der Waals surface area contributed by atoms with E-state index < -0.39 is 10.8 Å². The number of benzene rings is 2. The number of rotatable bonds is 28. The molecular weight excluding hydrogens is 1160 g/mol. The number of aromatic amines is 2. The summed E-state index contributed by atoms with van der Waals surface area (Å²) in [4.78, 5) is 101. The van der Waals surface area contributed by atoms with Gasteiger partial charge < -0.3 is 40.6 Å². The van der Waals surface area contributed by atoms with Crippen molar-refractivity contribution in [2.45, 2.75) is 205 Å². The fourth-order valence-electron chi connectivity index (χ4n) is 15.5. The van der Waals surface area contributed by atoms with Crippen molar-refractivity contribution in [1.29, 1.82) is 0 Å². The van der Waals surface area contributed by atoms with Crippen LogP contribution in [0.2, 0.25) is 0 Å². The first-order valence-corrected chi connectivity index (χ1v) is 35.0. The molecule has 4 saturated heterocycles. The predicted molar refractivity (Wildman–Crippen MR) is 361 cm³/mol. The highest BCUT2D eigenvalue weighted by Gasteiger charge is 2.43. The Labute approximate surface area is 544 Å². The van der Waals surface area contributed by atoms with Crippen LogP contribution in [0.25, 0.3) is 0 Å². The summed E-state index contributed by atoms with van der Waals surface area (Å²) in [5, 5.41) is 10.7. The van der Waals surface area contributed by atoms with Gasteiger partial charge in [0.05, 0.1) is 24.5 Å². The van der Waals surface area contributed by atoms with Gasteiger partial charge in [0.25, 0.3) is 11.1 Å². The SMILES string of the molecule is C[C@@H]1CN(CC(=O)N2CC(C)(C)c3[nH]c(=O)c(Cc4ccc(F)cc4)cc32)[C@@H](CN2CCC[C@H](CC(=O)CCCCCCCCCCCCC(=O)N[C@H]3CCCN(C[C@H]4CN[C@H](C)CN4CC(=O)N4CC(C)(C)c5[nH]c(=O)c(Cc6ccc(F)cc6)cc54)C3)C2)CN1. The molecule has 6 aliphatic heterocycles. The van der Waals surface area contributed by atoms with E-state index in [0.717, 1.165) is 164 Å². The average molecular weight is 1270 g/mol. The number of anilines is 2. The molecule has 4 fully saturated rings. The Balaban J connectivity index is 0.570. The normalized spacial score (nSPS) is 23.6. The van der Waals surface area contributed by atoms with E-state index in [2.05, 4.69) is 87.1 Å². The second-order valence-corrected chi connectivity index (χ2v) is 29.6. The van der Waals surface area contributed by atoms with Crippen molar-refractivity contribution < 1.29 is 28.0 Å². The van der Waals surface area contributed by atoms with Gasteiger partial charge in [0, 0.05) is 161 Å². The van der Waals surface area contributed by atoms with Crippen molar-refractivity contribution >= 4 is 34.9 Å². The van der Waals surface area contributed by atoms with E-state index in [1.807, 2.05) is 21.9 Å². The van der Waals surface area contributed by atoms with Crippen molar-refractivity contribution in [2.75, 3.05) is 101 Å². The van der Waals surface area contributed by atoms with Crippen molar-refractivity contribution in [3.05, 3.63) is 127 Å². The summed E-state index contributed by atoms with van der Waals surface area (Å²) >= 11 is 0. The minimum atomic E-state index is -0.425. The van der Waals surface area contributed by atoms with Gasteiger partial charge >= 0.3 is 0 Å². The first kappa shape index (κ1) is 68.9. The van der Waals surface area contributed by atoms with Crippen LogP contribution in [0.15, 0.2) is 70.3 Å². The third-order valence-corrected chi connectivity index (χ3v) is 20.6. The number of likely N-dealkylation sites (tertiary alicyclic amines) is 2. The number of H-pyrrole nitrogens is 2. The van der Waals surface area contributed by atoms with E-state index in [4.69, 9.17) is 0 Å². The quantitative estimate of drug-likeness (QED) is 0.0341. The van der Waals surface area contributed by atoms with Crippen molar-refractivity contribution in [1.82, 2.24) is 45.5 Å². The first-order valence-electron chi connectivity index (χ1n) is 35.0. The molecule has 0 radical (unpaired) electrons. The Bertz CT molecular complexity index is 3060. The molecule has 8 heterocycles. The molecule has 19 heteroatoms. The van der Waals surface area contributed by atoms with Gasteiger partial charge in [-0.25, -0.2) is 8.78 Å². The molecule has 0 unspecified atom stereocenters. The van der Waals surface area contributed by atoms with E-state index in [-0.39, 0.29) is 83.8 Å². The maximum atomic E-state index is 14.3. The monoisotopic (exact) mass is 1270 g/mol. The molecule has 2 aromatic carbocycles. The molecule has 0 aliphatic carbocycles. The van der Waals surface area contributed by atoms with Gasteiger partial charge in [-0.05, 0) is 119 Å². The number of halogens is 2. The molecule has 6 atom stereocenters. The number of carbonyl (C=O) groups excluding carboxylic acids is 4. The summed E-state index contributed by atoms with van der Waals surface area (Å²) in [5.74, 6) is 0.263. The van der Waals surface area contributed by atoms with Crippen molar-refractivity contribution in [3.63, 3.8) is 0 Å². The number of hydrogen-bond donors (Lipinski definition) is 5. The van der Waals surface area contributed by atoms with Gasteiger partial charge in [0.15, 0.2) is 0 Å². The van der Waals surface area contributed by atoms with Crippen LogP contribution in [0.5, 0.6) is 0 Å². The lowest BCUT2D eigenvalue weighted by Crippen LogP contribution is -2.62. The van der Waals surface area contributed by atoms with Gasteiger partial charge in [-0.1, -0.05) is 103 Å². The molecule has 17 nitrogen and oxygen atoms in total. The van der Waals surface area contributed by atoms with Crippen LogP contribution in [0.1, 0.15) is 184 Å². The topological polar surface area (TPSA) is 190 Å². The van der Waals surface area contributed by atoms with Gasteiger partial charge in [-0.15, -0.1) is 0 Å². The molecular formula is C73H105F2N11O6. The standard InChI is InChI=1S/C73H105F2N11O6/c1-50-40-83(46-66(89)85-48-72(3,4)68-63(85)36-55(70(91)79-68)33-52-23-27-57(74)28-24-52)60(38-76-50)44-81-31-17-19-54(42-81)35-62(87)21-15-13-11-9-7-8-10-12-14-16-22-65(88)78-59-20-18-32-82(43-59)45-61-39-77-51(2)41-84(61)47-67(90)86-49-73(5,6)69-64(86)37-56(71(92)80-69)34-53-25-29-58(75)30-26-53/h23-30,36-37,50-51,54,59-61,76-77H,7-22,31-35,38-49H2,1-6H3,(H,78,88)(H,79,91)(H,80,92)/t50-,51-,54-,59+,60-,61-/m1/s1. The second-order valence-electron chi connectivity index (χ2n) is 29.6. The molecule has 0 saturated carbocycles. The number of aromatic nitrogens is 2. The minimum Gasteiger partial charge on any atom is -0.352 e. The highest BCUT2D eigenvalue weighted by Crippen LogP contribution is 2.41.